The first kappa shape index (κ1) is 17.5. The molecular formula is C20H19N4O2S-. The van der Waals surface area contributed by atoms with Crippen LogP contribution in [0.3, 0.4) is 0 Å². The highest BCUT2D eigenvalue weighted by molar-refractivity contribution is 7.94. The average Bonchev–Trinajstić information content (AvgIpc) is 3.01. The molecule has 0 atom stereocenters. The molecule has 0 unspecified atom stereocenters. The zero-order valence-corrected chi connectivity index (χ0v) is 15.7. The molecule has 2 heterocycles. The molecule has 0 radical (unpaired) electrons. The minimum atomic E-state index is -3.84. The summed E-state index contributed by atoms with van der Waals surface area (Å²) < 4.78 is 31.2. The third kappa shape index (κ3) is 3.38. The van der Waals surface area contributed by atoms with Gasteiger partial charge in [0, 0.05) is 17.3 Å². The number of aromatic nitrogens is 3. The summed E-state index contributed by atoms with van der Waals surface area (Å²) in [5, 5.41) is 6.04. The van der Waals surface area contributed by atoms with E-state index in [9.17, 15) is 8.42 Å². The summed E-state index contributed by atoms with van der Waals surface area (Å²) in [4.78, 5) is 4.85. The quantitative estimate of drug-likeness (QED) is 0.483. The van der Waals surface area contributed by atoms with Gasteiger partial charge < -0.3 is 14.5 Å². The van der Waals surface area contributed by atoms with Crippen LogP contribution in [-0.4, -0.2) is 23.2 Å². The van der Waals surface area contributed by atoms with Gasteiger partial charge in [-0.25, -0.2) is 13.4 Å². The van der Waals surface area contributed by atoms with Gasteiger partial charge in [-0.1, -0.05) is 49.7 Å². The van der Waals surface area contributed by atoms with Crippen LogP contribution < -0.4 is 0 Å². The second-order valence-electron chi connectivity index (χ2n) is 6.33. The van der Waals surface area contributed by atoms with E-state index in [0.717, 1.165) is 23.7 Å². The van der Waals surface area contributed by atoms with Crippen molar-refractivity contribution in [1.82, 2.24) is 14.8 Å². The van der Waals surface area contributed by atoms with E-state index in [1.54, 1.807) is 22.9 Å². The summed E-state index contributed by atoms with van der Waals surface area (Å²) in [6, 6.07) is 17.8. The van der Waals surface area contributed by atoms with E-state index in [2.05, 4.69) is 16.7 Å². The Labute approximate surface area is 157 Å². The SMILES string of the molecule is CCCCn1nc([N-]S(=O)(=O)c2ccccc2)c2cc3ccccc3nc21. The summed E-state index contributed by atoms with van der Waals surface area (Å²) in [6.45, 7) is 2.76. The number of hydrogen-bond donors (Lipinski definition) is 0. The molecule has 0 amide bonds. The first-order chi connectivity index (χ1) is 13.1. The van der Waals surface area contributed by atoms with Crippen LogP contribution in [0.15, 0.2) is 65.6 Å². The van der Waals surface area contributed by atoms with Crippen molar-refractivity contribution in [2.75, 3.05) is 0 Å². The molecule has 0 saturated carbocycles. The van der Waals surface area contributed by atoms with Crippen molar-refractivity contribution < 1.29 is 8.42 Å². The second-order valence-corrected chi connectivity index (χ2v) is 7.94. The number of hydrogen-bond acceptors (Lipinski definition) is 4. The highest BCUT2D eigenvalue weighted by atomic mass is 32.2. The Morgan fingerprint density at radius 3 is 2.56 bits per heavy atom. The van der Waals surface area contributed by atoms with Crippen LogP contribution in [-0.2, 0) is 16.6 Å². The molecule has 2 aromatic heterocycles. The molecule has 2 aromatic carbocycles. The van der Waals surface area contributed by atoms with Gasteiger partial charge in [0.2, 0.25) is 10.0 Å². The predicted molar refractivity (Wildman–Crippen MR) is 107 cm³/mol. The van der Waals surface area contributed by atoms with E-state index < -0.39 is 10.0 Å². The van der Waals surface area contributed by atoms with Crippen LogP contribution >= 0.6 is 0 Å². The van der Waals surface area contributed by atoms with Gasteiger partial charge in [-0.3, -0.25) is 0 Å². The molecule has 4 rings (SSSR count). The predicted octanol–water partition coefficient (Wildman–Crippen LogP) is 4.78. The molecule has 0 spiro atoms. The topological polar surface area (TPSA) is 79.0 Å². The van der Waals surface area contributed by atoms with E-state index in [1.807, 2.05) is 30.3 Å². The maximum atomic E-state index is 12.7. The molecule has 0 bridgehead atoms. The van der Waals surface area contributed by atoms with Gasteiger partial charge >= 0.3 is 0 Å². The first-order valence-electron chi connectivity index (χ1n) is 8.88. The van der Waals surface area contributed by atoms with Gasteiger partial charge in [-0.15, -0.1) is 0 Å². The molecule has 0 aliphatic rings. The number of para-hydroxylation sites is 1. The van der Waals surface area contributed by atoms with Crippen molar-refractivity contribution in [1.29, 1.82) is 0 Å². The van der Waals surface area contributed by atoms with Crippen molar-refractivity contribution >= 4 is 37.8 Å². The first-order valence-corrected chi connectivity index (χ1v) is 10.3. The molecule has 0 fully saturated rings. The number of unbranched alkanes of at least 4 members (excludes halogenated alkanes) is 1. The number of sulfonamides is 1. The summed E-state index contributed by atoms with van der Waals surface area (Å²) >= 11 is 0. The van der Waals surface area contributed by atoms with Gasteiger partial charge in [-0.2, -0.15) is 0 Å². The molecule has 27 heavy (non-hydrogen) atoms. The minimum absolute atomic E-state index is 0.148. The summed E-state index contributed by atoms with van der Waals surface area (Å²) in [6.07, 6.45) is 1.93. The van der Waals surface area contributed by atoms with Crippen molar-refractivity contribution in [3.63, 3.8) is 0 Å². The van der Waals surface area contributed by atoms with Crippen LogP contribution in [0.4, 0.5) is 5.82 Å². The Balaban J connectivity index is 1.85. The lowest BCUT2D eigenvalue weighted by atomic mass is 10.2. The van der Waals surface area contributed by atoms with Crippen molar-refractivity contribution in [2.45, 2.75) is 31.2 Å². The lowest BCUT2D eigenvalue weighted by Gasteiger charge is -2.13. The Bertz CT molecular complexity index is 1200. The third-order valence-corrected chi connectivity index (χ3v) is 5.66. The summed E-state index contributed by atoms with van der Waals surface area (Å²) in [7, 11) is -3.84. The van der Waals surface area contributed by atoms with Crippen molar-refractivity contribution in [3.05, 3.63) is 65.4 Å². The summed E-state index contributed by atoms with van der Waals surface area (Å²) in [5.74, 6) is 0.184. The number of fused-ring (bicyclic) bond motifs is 2. The van der Waals surface area contributed by atoms with Gasteiger partial charge in [0.05, 0.1) is 10.4 Å². The van der Waals surface area contributed by atoms with Crippen molar-refractivity contribution in [2.24, 2.45) is 0 Å². The maximum absolute atomic E-state index is 12.7. The number of rotatable bonds is 6. The van der Waals surface area contributed by atoms with E-state index in [1.165, 1.54) is 12.1 Å². The number of nitrogens with zero attached hydrogens (tertiary/aromatic N) is 4. The Morgan fingerprint density at radius 1 is 1.04 bits per heavy atom. The molecule has 0 aliphatic heterocycles. The molecule has 0 aliphatic carbocycles. The average molecular weight is 379 g/mol. The zero-order chi connectivity index (χ0) is 18.9. The molecule has 0 saturated heterocycles. The highest BCUT2D eigenvalue weighted by Gasteiger charge is 2.13. The Morgan fingerprint density at radius 2 is 1.78 bits per heavy atom. The maximum Gasteiger partial charge on any atom is 0.202 e. The molecule has 4 aromatic rings. The fourth-order valence-corrected chi connectivity index (χ4v) is 3.94. The van der Waals surface area contributed by atoms with Crippen LogP contribution in [0.5, 0.6) is 0 Å². The van der Waals surface area contributed by atoms with Crippen LogP contribution in [0.1, 0.15) is 19.8 Å². The smallest absolute Gasteiger partial charge is 0.202 e. The van der Waals surface area contributed by atoms with Crippen LogP contribution in [0.25, 0.3) is 26.7 Å². The normalized spacial score (nSPS) is 11.9. The van der Waals surface area contributed by atoms with Crippen LogP contribution in [0.2, 0.25) is 0 Å². The van der Waals surface area contributed by atoms with E-state index in [0.29, 0.717) is 17.6 Å². The van der Waals surface area contributed by atoms with Gasteiger partial charge in [0.15, 0.2) is 0 Å². The van der Waals surface area contributed by atoms with Gasteiger partial charge in [0.1, 0.15) is 5.65 Å². The number of benzene rings is 2. The van der Waals surface area contributed by atoms with Gasteiger partial charge in [-0.05, 0) is 36.5 Å². The minimum Gasteiger partial charge on any atom is -0.372 e. The molecule has 0 N–H and O–H groups in total. The number of pyridine rings is 1. The third-order valence-electron chi connectivity index (χ3n) is 4.38. The van der Waals surface area contributed by atoms with E-state index in [4.69, 9.17) is 4.98 Å². The monoisotopic (exact) mass is 379 g/mol. The largest absolute Gasteiger partial charge is 0.372 e. The van der Waals surface area contributed by atoms with Gasteiger partial charge in [0.25, 0.3) is 0 Å². The Hall–Kier alpha value is -2.93. The standard InChI is InChI=1S/C20H19N4O2S/c1-2-3-13-24-20-17(14-15-9-7-8-12-18(15)21-20)19(22-24)23-27(25,26)16-10-5-4-6-11-16/h4-12,14H,2-3,13H2,1H3/q-1. The van der Waals surface area contributed by atoms with Crippen LogP contribution in [0, 0.1) is 0 Å². The molecule has 138 valence electrons. The lowest BCUT2D eigenvalue weighted by molar-refractivity contribution is 0.586. The Kier molecular flexibility index (Phi) is 4.53. The fourth-order valence-electron chi connectivity index (χ4n) is 2.97. The number of aryl methyl sites for hydroxylation is 1. The summed E-state index contributed by atoms with van der Waals surface area (Å²) in [5.41, 5.74) is 1.50. The van der Waals surface area contributed by atoms with Crippen molar-refractivity contribution in [3.8, 4) is 0 Å². The second kappa shape index (κ2) is 7.00. The molecular weight excluding hydrogens is 360 g/mol. The molecule has 7 heteroatoms. The highest BCUT2D eigenvalue weighted by Crippen LogP contribution is 2.34. The lowest BCUT2D eigenvalue weighted by Crippen LogP contribution is -2.01. The van der Waals surface area contributed by atoms with E-state index in [-0.39, 0.29) is 10.7 Å². The fraction of sp³-hybridized carbons (Fsp3) is 0.200. The van der Waals surface area contributed by atoms with E-state index >= 15 is 0 Å². The molecule has 6 nitrogen and oxygen atoms in total. The zero-order valence-electron chi connectivity index (χ0n) is 14.9.